The molecule has 116 valence electrons. The van der Waals surface area contributed by atoms with E-state index in [0.29, 0.717) is 24.0 Å². The number of nitrogens with zero attached hydrogens (tertiary/aromatic N) is 2. The van der Waals surface area contributed by atoms with Gasteiger partial charge in [-0.1, -0.05) is 38.1 Å². The maximum atomic E-state index is 12.2. The molecule has 5 heteroatoms. The first kappa shape index (κ1) is 15.9. The molecule has 0 radical (unpaired) electrons. The van der Waals surface area contributed by atoms with Crippen LogP contribution in [0.25, 0.3) is 0 Å². The van der Waals surface area contributed by atoms with Crippen molar-refractivity contribution < 1.29 is 4.79 Å². The molecule has 0 saturated carbocycles. The summed E-state index contributed by atoms with van der Waals surface area (Å²) in [5.74, 6) is 0.983. The van der Waals surface area contributed by atoms with Crippen molar-refractivity contribution in [2.45, 2.75) is 27.3 Å². The quantitative estimate of drug-likeness (QED) is 0.860. The standard InChI is InChI=1S/C17H22N4O/c1-12(2)9-18-16-8-15(20-11-21-16)17(22)19-10-14-7-5-4-6-13(14)3/h4-8,11-12H,9-10H2,1-3H3,(H,19,22)(H,18,20,21). The van der Waals surface area contributed by atoms with Gasteiger partial charge in [-0.15, -0.1) is 0 Å². The van der Waals surface area contributed by atoms with Crippen LogP contribution in [-0.4, -0.2) is 22.4 Å². The summed E-state index contributed by atoms with van der Waals surface area (Å²) in [6.45, 7) is 7.56. The number of carbonyl (C=O) groups excluding carboxylic acids is 1. The summed E-state index contributed by atoms with van der Waals surface area (Å²) >= 11 is 0. The van der Waals surface area contributed by atoms with Gasteiger partial charge >= 0.3 is 0 Å². The molecule has 0 atom stereocenters. The van der Waals surface area contributed by atoms with Gasteiger partial charge in [-0.2, -0.15) is 0 Å². The van der Waals surface area contributed by atoms with E-state index in [0.717, 1.165) is 17.7 Å². The van der Waals surface area contributed by atoms with Crippen LogP contribution in [0.3, 0.4) is 0 Å². The van der Waals surface area contributed by atoms with E-state index in [9.17, 15) is 4.79 Å². The number of aromatic nitrogens is 2. The molecule has 22 heavy (non-hydrogen) atoms. The number of hydrogen-bond acceptors (Lipinski definition) is 4. The average molecular weight is 298 g/mol. The van der Waals surface area contributed by atoms with Crippen LogP contribution in [0.5, 0.6) is 0 Å². The van der Waals surface area contributed by atoms with Crippen LogP contribution in [0.2, 0.25) is 0 Å². The van der Waals surface area contributed by atoms with Crippen molar-refractivity contribution in [3.63, 3.8) is 0 Å². The molecular weight excluding hydrogens is 276 g/mol. The minimum absolute atomic E-state index is 0.196. The number of aryl methyl sites for hydroxylation is 1. The SMILES string of the molecule is Cc1ccccc1CNC(=O)c1cc(NCC(C)C)ncn1. The first-order valence-electron chi connectivity index (χ1n) is 7.45. The summed E-state index contributed by atoms with van der Waals surface area (Å²) in [5.41, 5.74) is 2.63. The Morgan fingerprint density at radius 2 is 2.00 bits per heavy atom. The van der Waals surface area contributed by atoms with Crippen molar-refractivity contribution in [3.8, 4) is 0 Å². The highest BCUT2D eigenvalue weighted by atomic mass is 16.1. The molecular formula is C17H22N4O. The van der Waals surface area contributed by atoms with E-state index in [1.807, 2.05) is 31.2 Å². The zero-order chi connectivity index (χ0) is 15.9. The van der Waals surface area contributed by atoms with Gasteiger partial charge in [-0.3, -0.25) is 4.79 Å². The van der Waals surface area contributed by atoms with Crippen LogP contribution in [0.15, 0.2) is 36.7 Å². The zero-order valence-corrected chi connectivity index (χ0v) is 13.3. The lowest BCUT2D eigenvalue weighted by atomic mass is 10.1. The number of carbonyl (C=O) groups is 1. The first-order chi connectivity index (χ1) is 10.6. The molecule has 0 fully saturated rings. The maximum Gasteiger partial charge on any atom is 0.270 e. The van der Waals surface area contributed by atoms with Crippen LogP contribution in [0.1, 0.15) is 35.5 Å². The third-order valence-electron chi connectivity index (χ3n) is 3.29. The molecule has 0 aliphatic rings. The second-order valence-electron chi connectivity index (χ2n) is 5.67. The lowest BCUT2D eigenvalue weighted by Crippen LogP contribution is -2.24. The molecule has 0 bridgehead atoms. The minimum atomic E-state index is -0.196. The van der Waals surface area contributed by atoms with Gasteiger partial charge in [0.25, 0.3) is 5.91 Å². The Hall–Kier alpha value is -2.43. The number of hydrogen-bond donors (Lipinski definition) is 2. The monoisotopic (exact) mass is 298 g/mol. The minimum Gasteiger partial charge on any atom is -0.370 e. The Kier molecular flexibility index (Phi) is 5.47. The molecule has 0 aliphatic carbocycles. The molecule has 1 heterocycles. The Morgan fingerprint density at radius 3 is 2.73 bits per heavy atom. The number of amides is 1. The maximum absolute atomic E-state index is 12.2. The summed E-state index contributed by atoms with van der Waals surface area (Å²) in [6.07, 6.45) is 1.41. The molecule has 1 aromatic heterocycles. The van der Waals surface area contributed by atoms with Crippen molar-refractivity contribution in [2.75, 3.05) is 11.9 Å². The normalized spacial score (nSPS) is 10.5. The lowest BCUT2D eigenvalue weighted by molar-refractivity contribution is 0.0945. The smallest absolute Gasteiger partial charge is 0.270 e. The molecule has 0 aliphatic heterocycles. The van der Waals surface area contributed by atoms with Crippen molar-refractivity contribution in [1.82, 2.24) is 15.3 Å². The van der Waals surface area contributed by atoms with Gasteiger partial charge in [-0.05, 0) is 24.0 Å². The van der Waals surface area contributed by atoms with Crippen LogP contribution in [-0.2, 0) is 6.54 Å². The van der Waals surface area contributed by atoms with Crippen molar-refractivity contribution in [3.05, 3.63) is 53.5 Å². The summed E-state index contributed by atoms with van der Waals surface area (Å²) in [4.78, 5) is 20.4. The van der Waals surface area contributed by atoms with E-state index in [1.54, 1.807) is 6.07 Å². The number of rotatable bonds is 6. The fraction of sp³-hybridized carbons (Fsp3) is 0.353. The summed E-state index contributed by atoms with van der Waals surface area (Å²) in [6, 6.07) is 9.66. The summed E-state index contributed by atoms with van der Waals surface area (Å²) in [7, 11) is 0. The molecule has 5 nitrogen and oxygen atoms in total. The Labute approximate surface area is 131 Å². The highest BCUT2D eigenvalue weighted by Crippen LogP contribution is 2.08. The van der Waals surface area contributed by atoms with Crippen LogP contribution < -0.4 is 10.6 Å². The number of anilines is 1. The van der Waals surface area contributed by atoms with Gasteiger partial charge in [-0.25, -0.2) is 9.97 Å². The van der Waals surface area contributed by atoms with Gasteiger partial charge in [0.2, 0.25) is 0 Å². The Balaban J connectivity index is 1.97. The zero-order valence-electron chi connectivity index (χ0n) is 13.3. The van der Waals surface area contributed by atoms with Crippen molar-refractivity contribution in [1.29, 1.82) is 0 Å². The predicted octanol–water partition coefficient (Wildman–Crippen LogP) is 2.78. The molecule has 0 spiro atoms. The van der Waals surface area contributed by atoms with Gasteiger partial charge in [0.05, 0.1) is 0 Å². The van der Waals surface area contributed by atoms with Crippen molar-refractivity contribution in [2.24, 2.45) is 5.92 Å². The van der Waals surface area contributed by atoms with E-state index in [-0.39, 0.29) is 5.91 Å². The summed E-state index contributed by atoms with van der Waals surface area (Å²) < 4.78 is 0. The number of nitrogens with one attached hydrogen (secondary N) is 2. The lowest BCUT2D eigenvalue weighted by Gasteiger charge is -2.10. The van der Waals surface area contributed by atoms with Gasteiger partial charge < -0.3 is 10.6 Å². The number of benzene rings is 1. The van der Waals surface area contributed by atoms with Crippen LogP contribution in [0.4, 0.5) is 5.82 Å². The van der Waals surface area contributed by atoms with Gasteiger partial charge in [0.15, 0.2) is 0 Å². The molecule has 1 aromatic carbocycles. The van der Waals surface area contributed by atoms with E-state index >= 15 is 0 Å². The summed E-state index contributed by atoms with van der Waals surface area (Å²) in [5, 5.41) is 6.08. The molecule has 2 N–H and O–H groups in total. The van der Waals surface area contributed by atoms with E-state index < -0.39 is 0 Å². The molecule has 0 saturated heterocycles. The van der Waals surface area contributed by atoms with Gasteiger partial charge in [0, 0.05) is 19.2 Å². The fourth-order valence-corrected chi connectivity index (χ4v) is 1.96. The molecule has 2 aromatic rings. The topological polar surface area (TPSA) is 66.9 Å². The second kappa shape index (κ2) is 7.54. The third kappa shape index (κ3) is 4.55. The highest BCUT2D eigenvalue weighted by molar-refractivity contribution is 5.92. The molecule has 2 rings (SSSR count). The molecule has 0 unspecified atom stereocenters. The molecule has 1 amide bonds. The second-order valence-corrected chi connectivity index (χ2v) is 5.67. The predicted molar refractivity (Wildman–Crippen MR) is 87.7 cm³/mol. The third-order valence-corrected chi connectivity index (χ3v) is 3.29. The first-order valence-corrected chi connectivity index (χ1v) is 7.45. The van der Waals surface area contributed by atoms with E-state index in [2.05, 4.69) is 34.4 Å². The average Bonchev–Trinajstić information content (AvgIpc) is 2.52. The van der Waals surface area contributed by atoms with E-state index in [1.165, 1.54) is 6.33 Å². The van der Waals surface area contributed by atoms with E-state index in [4.69, 9.17) is 0 Å². The largest absolute Gasteiger partial charge is 0.370 e. The Bertz CT molecular complexity index is 640. The Morgan fingerprint density at radius 1 is 1.23 bits per heavy atom. The highest BCUT2D eigenvalue weighted by Gasteiger charge is 2.09. The fourth-order valence-electron chi connectivity index (χ4n) is 1.96. The van der Waals surface area contributed by atoms with Crippen LogP contribution in [0, 0.1) is 12.8 Å². The van der Waals surface area contributed by atoms with Crippen LogP contribution >= 0.6 is 0 Å². The van der Waals surface area contributed by atoms with Crippen molar-refractivity contribution >= 4 is 11.7 Å². The van der Waals surface area contributed by atoms with Gasteiger partial charge in [0.1, 0.15) is 17.8 Å².